The zero-order valence-corrected chi connectivity index (χ0v) is 14.3. The van der Waals surface area contributed by atoms with Crippen molar-refractivity contribution in [2.75, 3.05) is 19.6 Å². The number of carbonyl (C=O) groups is 1. The van der Waals surface area contributed by atoms with Gasteiger partial charge in [-0.1, -0.05) is 17.7 Å². The van der Waals surface area contributed by atoms with Crippen LogP contribution in [0.4, 0.5) is 0 Å². The Morgan fingerprint density at radius 3 is 2.30 bits per heavy atom. The third-order valence-electron chi connectivity index (χ3n) is 4.75. The number of sulfonamides is 1. The monoisotopic (exact) mass is 336 g/mol. The second-order valence-electron chi connectivity index (χ2n) is 6.68. The van der Waals surface area contributed by atoms with Crippen LogP contribution in [0.15, 0.2) is 29.2 Å². The van der Waals surface area contributed by atoms with E-state index in [1.165, 1.54) is 17.1 Å². The minimum Gasteiger partial charge on any atom is -0.356 e. The van der Waals surface area contributed by atoms with Crippen molar-refractivity contribution in [3.05, 3.63) is 29.8 Å². The number of rotatable bonds is 5. The van der Waals surface area contributed by atoms with Crippen LogP contribution in [0, 0.1) is 18.8 Å². The molecule has 126 valence electrons. The molecule has 1 amide bonds. The zero-order valence-electron chi connectivity index (χ0n) is 13.5. The van der Waals surface area contributed by atoms with Crippen molar-refractivity contribution in [3.8, 4) is 0 Å². The molecule has 1 aromatic rings. The normalized spacial score (nSPS) is 20.4. The van der Waals surface area contributed by atoms with Crippen LogP contribution in [-0.4, -0.2) is 38.3 Å². The van der Waals surface area contributed by atoms with Gasteiger partial charge in [0.05, 0.1) is 4.90 Å². The van der Waals surface area contributed by atoms with Gasteiger partial charge in [-0.3, -0.25) is 4.79 Å². The number of nitrogens with one attached hydrogen (secondary N) is 1. The molecule has 0 aromatic heterocycles. The molecule has 1 aliphatic carbocycles. The lowest BCUT2D eigenvalue weighted by molar-refractivity contribution is -0.126. The van der Waals surface area contributed by atoms with E-state index in [4.69, 9.17) is 0 Å². The van der Waals surface area contributed by atoms with Gasteiger partial charge in [-0.15, -0.1) is 0 Å². The average Bonchev–Trinajstić information content (AvgIpc) is 3.37. The van der Waals surface area contributed by atoms with Gasteiger partial charge in [0.15, 0.2) is 0 Å². The van der Waals surface area contributed by atoms with Crippen molar-refractivity contribution in [3.63, 3.8) is 0 Å². The lowest BCUT2D eigenvalue weighted by atomic mass is 9.97. The average molecular weight is 336 g/mol. The molecule has 2 aliphatic rings. The van der Waals surface area contributed by atoms with Crippen LogP contribution in [0.2, 0.25) is 0 Å². The first kappa shape index (κ1) is 16.5. The second kappa shape index (κ2) is 6.61. The highest BCUT2D eigenvalue weighted by molar-refractivity contribution is 7.89. The summed E-state index contributed by atoms with van der Waals surface area (Å²) in [5.74, 6) is 0.698. The Hall–Kier alpha value is -1.40. The van der Waals surface area contributed by atoms with E-state index in [0.29, 0.717) is 36.7 Å². The highest BCUT2D eigenvalue weighted by Gasteiger charge is 2.32. The van der Waals surface area contributed by atoms with Gasteiger partial charge < -0.3 is 5.32 Å². The van der Waals surface area contributed by atoms with E-state index in [-0.39, 0.29) is 11.8 Å². The molecule has 0 bridgehead atoms. The van der Waals surface area contributed by atoms with Gasteiger partial charge in [-0.25, -0.2) is 8.42 Å². The van der Waals surface area contributed by atoms with Gasteiger partial charge in [0.1, 0.15) is 0 Å². The Labute approximate surface area is 138 Å². The van der Waals surface area contributed by atoms with E-state index in [9.17, 15) is 13.2 Å². The van der Waals surface area contributed by atoms with Crippen LogP contribution in [0.25, 0.3) is 0 Å². The molecule has 0 spiro atoms. The maximum Gasteiger partial charge on any atom is 0.243 e. The van der Waals surface area contributed by atoms with E-state index >= 15 is 0 Å². The summed E-state index contributed by atoms with van der Waals surface area (Å²) in [6.45, 7) is 3.54. The summed E-state index contributed by atoms with van der Waals surface area (Å²) in [4.78, 5) is 12.4. The SMILES string of the molecule is Cc1ccc(S(=O)(=O)N2CCC(C(=O)NCC3CC3)CC2)cc1. The molecular weight excluding hydrogens is 312 g/mol. The van der Waals surface area contributed by atoms with Gasteiger partial charge in [0, 0.05) is 25.6 Å². The van der Waals surface area contributed by atoms with Crippen molar-refractivity contribution < 1.29 is 13.2 Å². The number of aryl methyl sites for hydroxylation is 1. The molecular formula is C17H24N2O3S. The van der Waals surface area contributed by atoms with Gasteiger partial charge in [0.25, 0.3) is 0 Å². The summed E-state index contributed by atoms with van der Waals surface area (Å²) < 4.78 is 26.7. The first-order chi connectivity index (χ1) is 11.0. The molecule has 1 aliphatic heterocycles. The first-order valence-electron chi connectivity index (χ1n) is 8.31. The Morgan fingerprint density at radius 2 is 1.74 bits per heavy atom. The molecule has 0 atom stereocenters. The van der Waals surface area contributed by atoms with E-state index in [1.54, 1.807) is 12.1 Å². The molecule has 6 heteroatoms. The zero-order chi connectivity index (χ0) is 16.4. The minimum atomic E-state index is -3.44. The lowest BCUT2D eigenvalue weighted by Crippen LogP contribution is -2.43. The molecule has 0 radical (unpaired) electrons. The summed E-state index contributed by atoms with van der Waals surface area (Å²) in [7, 11) is -3.44. The van der Waals surface area contributed by atoms with Gasteiger partial charge in [0.2, 0.25) is 15.9 Å². The van der Waals surface area contributed by atoms with E-state index in [0.717, 1.165) is 12.1 Å². The Balaban J connectivity index is 1.57. The maximum absolute atomic E-state index is 12.6. The van der Waals surface area contributed by atoms with Gasteiger partial charge in [-0.2, -0.15) is 4.31 Å². The van der Waals surface area contributed by atoms with Crippen molar-refractivity contribution in [2.45, 2.75) is 37.5 Å². The first-order valence-corrected chi connectivity index (χ1v) is 9.75. The fourth-order valence-corrected chi connectivity index (χ4v) is 4.40. The van der Waals surface area contributed by atoms with E-state index in [1.807, 2.05) is 19.1 Å². The van der Waals surface area contributed by atoms with Gasteiger partial charge >= 0.3 is 0 Å². The fraction of sp³-hybridized carbons (Fsp3) is 0.588. The minimum absolute atomic E-state index is 0.0572. The Kier molecular flexibility index (Phi) is 4.73. The fourth-order valence-electron chi connectivity index (χ4n) is 2.93. The molecule has 0 unspecified atom stereocenters. The third-order valence-corrected chi connectivity index (χ3v) is 6.66. The number of hydrogen-bond donors (Lipinski definition) is 1. The van der Waals surface area contributed by atoms with Gasteiger partial charge in [-0.05, 0) is 50.7 Å². The molecule has 1 heterocycles. The highest BCUT2D eigenvalue weighted by atomic mass is 32.2. The standard InChI is InChI=1S/C17H24N2O3S/c1-13-2-6-16(7-3-13)23(21,22)19-10-8-15(9-11-19)17(20)18-12-14-4-5-14/h2-3,6-7,14-15H,4-5,8-12H2,1H3,(H,18,20). The van der Waals surface area contributed by atoms with Crippen LogP contribution in [0.3, 0.4) is 0 Å². The smallest absolute Gasteiger partial charge is 0.243 e. The Bertz CT molecular complexity index is 658. The number of piperidine rings is 1. The third kappa shape index (κ3) is 3.93. The molecule has 1 saturated heterocycles. The number of benzene rings is 1. The summed E-state index contributed by atoms with van der Waals surface area (Å²) >= 11 is 0. The topological polar surface area (TPSA) is 66.5 Å². The maximum atomic E-state index is 12.6. The van der Waals surface area contributed by atoms with Crippen LogP contribution in [-0.2, 0) is 14.8 Å². The van der Waals surface area contributed by atoms with Crippen LogP contribution < -0.4 is 5.32 Å². The quantitative estimate of drug-likeness (QED) is 0.893. The lowest BCUT2D eigenvalue weighted by Gasteiger charge is -2.30. The molecule has 5 nitrogen and oxygen atoms in total. The Morgan fingerprint density at radius 1 is 1.13 bits per heavy atom. The molecule has 1 aromatic carbocycles. The predicted molar refractivity (Wildman–Crippen MR) is 88.4 cm³/mol. The van der Waals surface area contributed by atoms with E-state index in [2.05, 4.69) is 5.32 Å². The largest absolute Gasteiger partial charge is 0.356 e. The highest BCUT2D eigenvalue weighted by Crippen LogP contribution is 2.28. The van der Waals surface area contributed by atoms with Crippen LogP contribution in [0.1, 0.15) is 31.2 Å². The summed E-state index contributed by atoms with van der Waals surface area (Å²) in [5, 5.41) is 3.00. The number of nitrogens with zero attached hydrogens (tertiary/aromatic N) is 1. The molecule has 2 fully saturated rings. The second-order valence-corrected chi connectivity index (χ2v) is 8.62. The van der Waals surface area contributed by atoms with Crippen LogP contribution in [0.5, 0.6) is 0 Å². The van der Waals surface area contributed by atoms with Crippen molar-refractivity contribution in [2.24, 2.45) is 11.8 Å². The summed E-state index contributed by atoms with van der Waals surface area (Å²) in [6, 6.07) is 6.92. The van der Waals surface area contributed by atoms with E-state index < -0.39 is 10.0 Å². The molecule has 3 rings (SSSR count). The number of carbonyl (C=O) groups excluding carboxylic acids is 1. The molecule has 1 saturated carbocycles. The van der Waals surface area contributed by atoms with Crippen LogP contribution >= 0.6 is 0 Å². The molecule has 23 heavy (non-hydrogen) atoms. The van der Waals surface area contributed by atoms with Crippen molar-refractivity contribution in [1.29, 1.82) is 0 Å². The summed E-state index contributed by atoms with van der Waals surface area (Å²) in [6.07, 6.45) is 3.63. The predicted octanol–water partition coefficient (Wildman–Crippen LogP) is 1.92. The number of amides is 1. The van der Waals surface area contributed by atoms with Crippen molar-refractivity contribution in [1.82, 2.24) is 9.62 Å². The summed E-state index contributed by atoms with van der Waals surface area (Å²) in [5.41, 5.74) is 1.04. The number of hydrogen-bond acceptors (Lipinski definition) is 3. The van der Waals surface area contributed by atoms with Crippen molar-refractivity contribution >= 4 is 15.9 Å². The molecule has 1 N–H and O–H groups in total.